The molecule has 0 aromatic heterocycles. The molecule has 0 bridgehead atoms. The zero-order valence-electron chi connectivity index (χ0n) is 8.39. The van der Waals surface area contributed by atoms with Crippen LogP contribution in [-0.2, 0) is 4.74 Å². The maximum atomic E-state index is 11.7. The highest BCUT2D eigenvalue weighted by molar-refractivity contribution is 9.09. The zero-order chi connectivity index (χ0) is 11.3. The molecule has 2 nitrogen and oxygen atoms in total. The summed E-state index contributed by atoms with van der Waals surface area (Å²) in [6.45, 7) is 1.54. The van der Waals surface area contributed by atoms with E-state index in [2.05, 4.69) is 25.6 Å². The molecule has 0 aliphatic carbocycles. The predicted molar refractivity (Wildman–Crippen MR) is 55.2 cm³/mol. The smallest absolute Gasteiger partial charge is 0.371 e. The SMILES string of the molecule is FC(F)(F)COCCN1CCC(CBr)C1. The van der Waals surface area contributed by atoms with Crippen molar-refractivity contribution in [1.29, 1.82) is 0 Å². The largest absolute Gasteiger partial charge is 0.411 e. The van der Waals surface area contributed by atoms with Crippen molar-refractivity contribution in [2.75, 3.05) is 38.2 Å². The van der Waals surface area contributed by atoms with Gasteiger partial charge in [-0.25, -0.2) is 0 Å². The predicted octanol–water partition coefficient (Wildman–Crippen LogP) is 2.28. The highest BCUT2D eigenvalue weighted by atomic mass is 79.9. The Hall–Kier alpha value is 0.190. The summed E-state index contributed by atoms with van der Waals surface area (Å²) in [4.78, 5) is 2.14. The second-order valence-corrected chi connectivity index (χ2v) is 4.42. The summed E-state index contributed by atoms with van der Waals surface area (Å²) in [5, 5.41) is 0.965. The number of halogens is 4. The molecular formula is C9H15BrF3NO. The van der Waals surface area contributed by atoms with Gasteiger partial charge in [-0.15, -0.1) is 0 Å². The van der Waals surface area contributed by atoms with Crippen molar-refractivity contribution < 1.29 is 17.9 Å². The van der Waals surface area contributed by atoms with E-state index in [4.69, 9.17) is 0 Å². The minimum Gasteiger partial charge on any atom is -0.371 e. The van der Waals surface area contributed by atoms with Crippen molar-refractivity contribution in [3.05, 3.63) is 0 Å². The summed E-state index contributed by atoms with van der Waals surface area (Å²) < 4.78 is 39.7. The minimum atomic E-state index is -4.20. The van der Waals surface area contributed by atoms with Crippen LogP contribution in [0.25, 0.3) is 0 Å². The molecular weight excluding hydrogens is 275 g/mol. The molecule has 0 saturated carbocycles. The first-order chi connectivity index (χ1) is 7.01. The van der Waals surface area contributed by atoms with E-state index < -0.39 is 12.8 Å². The summed E-state index contributed by atoms with van der Waals surface area (Å²) >= 11 is 3.40. The molecule has 1 aliphatic heterocycles. The minimum absolute atomic E-state index is 0.161. The molecule has 0 spiro atoms. The Morgan fingerprint density at radius 2 is 2.13 bits per heavy atom. The van der Waals surface area contributed by atoms with Gasteiger partial charge in [0.2, 0.25) is 0 Å². The van der Waals surface area contributed by atoms with Crippen molar-refractivity contribution in [2.24, 2.45) is 5.92 Å². The van der Waals surface area contributed by atoms with Gasteiger partial charge in [0.15, 0.2) is 0 Å². The van der Waals surface area contributed by atoms with Crippen molar-refractivity contribution in [1.82, 2.24) is 4.90 Å². The molecule has 1 rings (SSSR count). The molecule has 1 saturated heterocycles. The van der Waals surface area contributed by atoms with Gasteiger partial charge < -0.3 is 9.64 Å². The topological polar surface area (TPSA) is 12.5 Å². The molecule has 0 amide bonds. The van der Waals surface area contributed by atoms with Gasteiger partial charge in [-0.3, -0.25) is 0 Å². The van der Waals surface area contributed by atoms with Crippen LogP contribution in [0.2, 0.25) is 0 Å². The second kappa shape index (κ2) is 6.06. The summed E-state index contributed by atoms with van der Waals surface area (Å²) in [5.74, 6) is 0.632. The second-order valence-electron chi connectivity index (χ2n) is 3.78. The van der Waals surface area contributed by atoms with Crippen LogP contribution in [0.5, 0.6) is 0 Å². The molecule has 1 aliphatic rings. The number of ether oxygens (including phenoxy) is 1. The van der Waals surface area contributed by atoms with Gasteiger partial charge in [0, 0.05) is 18.4 Å². The summed E-state index contributed by atoms with van der Waals surface area (Å²) in [6.07, 6.45) is -3.09. The van der Waals surface area contributed by atoms with Crippen molar-refractivity contribution in [3.8, 4) is 0 Å². The molecule has 1 heterocycles. The van der Waals surface area contributed by atoms with E-state index in [0.29, 0.717) is 12.5 Å². The Morgan fingerprint density at radius 3 is 2.67 bits per heavy atom. The monoisotopic (exact) mass is 289 g/mol. The van der Waals surface area contributed by atoms with E-state index in [0.717, 1.165) is 24.8 Å². The first kappa shape index (κ1) is 13.3. The normalized spacial score (nSPS) is 23.6. The third-order valence-corrected chi connectivity index (χ3v) is 3.32. The maximum absolute atomic E-state index is 11.7. The lowest BCUT2D eigenvalue weighted by atomic mass is 10.2. The van der Waals surface area contributed by atoms with Crippen LogP contribution in [0, 0.1) is 5.92 Å². The average molecular weight is 290 g/mol. The highest BCUT2D eigenvalue weighted by Crippen LogP contribution is 2.18. The van der Waals surface area contributed by atoms with Gasteiger partial charge in [-0.05, 0) is 18.9 Å². The van der Waals surface area contributed by atoms with Gasteiger partial charge in [0.1, 0.15) is 6.61 Å². The van der Waals surface area contributed by atoms with E-state index in [-0.39, 0.29) is 6.61 Å². The summed E-state index contributed by atoms with van der Waals surface area (Å²) in [6, 6.07) is 0. The fourth-order valence-corrected chi connectivity index (χ4v) is 2.15. The third-order valence-electron chi connectivity index (χ3n) is 2.41. The Morgan fingerprint density at radius 1 is 1.40 bits per heavy atom. The zero-order valence-corrected chi connectivity index (χ0v) is 9.98. The highest BCUT2D eigenvalue weighted by Gasteiger charge is 2.27. The van der Waals surface area contributed by atoms with Crippen molar-refractivity contribution in [2.45, 2.75) is 12.6 Å². The third kappa shape index (κ3) is 5.73. The van der Waals surface area contributed by atoms with Crippen molar-refractivity contribution >= 4 is 15.9 Å². The Bertz CT molecular complexity index is 189. The van der Waals surface area contributed by atoms with Crippen LogP contribution in [0.1, 0.15) is 6.42 Å². The first-order valence-electron chi connectivity index (χ1n) is 4.94. The Kier molecular flexibility index (Phi) is 5.35. The Labute approximate surface area is 95.9 Å². The molecule has 90 valence electrons. The Balaban J connectivity index is 2.02. The first-order valence-corrected chi connectivity index (χ1v) is 6.06. The molecule has 15 heavy (non-hydrogen) atoms. The quantitative estimate of drug-likeness (QED) is 0.569. The molecule has 1 atom stereocenters. The number of hydrogen-bond acceptors (Lipinski definition) is 2. The number of alkyl halides is 4. The van der Waals surface area contributed by atoms with Crippen LogP contribution in [0.3, 0.4) is 0 Å². The van der Waals surface area contributed by atoms with E-state index in [1.54, 1.807) is 0 Å². The molecule has 0 N–H and O–H groups in total. The number of hydrogen-bond donors (Lipinski definition) is 0. The van der Waals surface area contributed by atoms with Gasteiger partial charge in [-0.2, -0.15) is 13.2 Å². The molecule has 1 fully saturated rings. The van der Waals surface area contributed by atoms with Gasteiger partial charge >= 0.3 is 6.18 Å². The molecule has 0 aromatic carbocycles. The number of nitrogens with zero attached hydrogens (tertiary/aromatic N) is 1. The number of likely N-dealkylation sites (tertiary alicyclic amines) is 1. The molecule has 6 heteroatoms. The molecule has 1 unspecified atom stereocenters. The van der Waals surface area contributed by atoms with Gasteiger partial charge in [-0.1, -0.05) is 15.9 Å². The van der Waals surface area contributed by atoms with Crippen LogP contribution >= 0.6 is 15.9 Å². The standard InChI is InChI=1S/C9H15BrF3NO/c10-5-8-1-2-14(6-8)3-4-15-7-9(11,12)13/h8H,1-7H2. The molecule has 0 aromatic rings. The van der Waals surface area contributed by atoms with E-state index in [1.165, 1.54) is 0 Å². The summed E-state index contributed by atoms with van der Waals surface area (Å²) in [5.41, 5.74) is 0. The van der Waals surface area contributed by atoms with E-state index >= 15 is 0 Å². The van der Waals surface area contributed by atoms with E-state index in [9.17, 15) is 13.2 Å². The number of rotatable bonds is 5. The van der Waals surface area contributed by atoms with E-state index in [1.807, 2.05) is 0 Å². The fourth-order valence-electron chi connectivity index (χ4n) is 1.62. The van der Waals surface area contributed by atoms with Crippen LogP contribution in [-0.4, -0.2) is 49.3 Å². The van der Waals surface area contributed by atoms with Crippen LogP contribution in [0.15, 0.2) is 0 Å². The lowest BCUT2D eigenvalue weighted by Gasteiger charge is -2.15. The molecule has 0 radical (unpaired) electrons. The lowest BCUT2D eigenvalue weighted by Crippen LogP contribution is -2.27. The fraction of sp³-hybridized carbons (Fsp3) is 1.00. The van der Waals surface area contributed by atoms with Crippen LogP contribution < -0.4 is 0 Å². The summed E-state index contributed by atoms with van der Waals surface area (Å²) in [7, 11) is 0. The van der Waals surface area contributed by atoms with Crippen LogP contribution in [0.4, 0.5) is 13.2 Å². The van der Waals surface area contributed by atoms with Crippen molar-refractivity contribution in [3.63, 3.8) is 0 Å². The average Bonchev–Trinajstić information content (AvgIpc) is 2.59. The van der Waals surface area contributed by atoms with Gasteiger partial charge in [0.25, 0.3) is 0 Å². The van der Waals surface area contributed by atoms with Gasteiger partial charge in [0.05, 0.1) is 6.61 Å². The maximum Gasteiger partial charge on any atom is 0.411 e. The lowest BCUT2D eigenvalue weighted by molar-refractivity contribution is -0.174.